The van der Waals surface area contributed by atoms with Gasteiger partial charge in [0.25, 0.3) is 0 Å². The van der Waals surface area contributed by atoms with Gasteiger partial charge in [0, 0.05) is 12.6 Å². The zero-order valence-corrected chi connectivity index (χ0v) is 8.76. The van der Waals surface area contributed by atoms with Crippen molar-refractivity contribution in [1.29, 1.82) is 0 Å². The van der Waals surface area contributed by atoms with E-state index in [0.717, 1.165) is 13.0 Å². The van der Waals surface area contributed by atoms with E-state index in [0.29, 0.717) is 0 Å². The first-order chi connectivity index (χ1) is 7.18. The third-order valence-corrected chi connectivity index (χ3v) is 2.91. The SMILES string of the molecule is CN(Cc1ccccc1)C1CC1C(=O)O. The molecule has 80 valence electrons. The van der Waals surface area contributed by atoms with Crippen LogP contribution < -0.4 is 0 Å². The van der Waals surface area contributed by atoms with E-state index in [1.165, 1.54) is 5.56 Å². The highest BCUT2D eigenvalue weighted by Crippen LogP contribution is 2.35. The van der Waals surface area contributed by atoms with Gasteiger partial charge in [0.1, 0.15) is 0 Å². The Kier molecular flexibility index (Phi) is 2.73. The van der Waals surface area contributed by atoms with Crippen LogP contribution in [-0.2, 0) is 11.3 Å². The highest BCUT2D eigenvalue weighted by molar-refractivity contribution is 5.74. The zero-order valence-electron chi connectivity index (χ0n) is 8.76. The maximum atomic E-state index is 10.7. The molecule has 0 radical (unpaired) electrons. The van der Waals surface area contributed by atoms with Crippen LogP contribution in [-0.4, -0.2) is 29.1 Å². The molecule has 2 atom stereocenters. The molecule has 0 bridgehead atoms. The van der Waals surface area contributed by atoms with E-state index in [1.54, 1.807) is 0 Å². The van der Waals surface area contributed by atoms with Gasteiger partial charge in [-0.2, -0.15) is 0 Å². The van der Waals surface area contributed by atoms with Crippen LogP contribution in [0.3, 0.4) is 0 Å². The summed E-state index contributed by atoms with van der Waals surface area (Å²) in [6, 6.07) is 10.3. The third-order valence-electron chi connectivity index (χ3n) is 2.91. The number of rotatable bonds is 4. The summed E-state index contributed by atoms with van der Waals surface area (Å²) in [6.45, 7) is 0.829. The van der Waals surface area contributed by atoms with Crippen LogP contribution in [0.25, 0.3) is 0 Å². The Balaban J connectivity index is 1.89. The summed E-state index contributed by atoms with van der Waals surface area (Å²) < 4.78 is 0. The Morgan fingerprint density at radius 1 is 1.47 bits per heavy atom. The van der Waals surface area contributed by atoms with Crippen molar-refractivity contribution in [1.82, 2.24) is 4.90 Å². The van der Waals surface area contributed by atoms with Crippen LogP contribution in [0.1, 0.15) is 12.0 Å². The summed E-state index contributed by atoms with van der Waals surface area (Å²) in [4.78, 5) is 12.8. The second-order valence-corrected chi connectivity index (χ2v) is 4.15. The molecule has 1 aromatic carbocycles. The van der Waals surface area contributed by atoms with E-state index in [1.807, 2.05) is 25.2 Å². The molecule has 2 rings (SSSR count). The first kappa shape index (κ1) is 10.2. The summed E-state index contributed by atoms with van der Waals surface area (Å²) >= 11 is 0. The van der Waals surface area contributed by atoms with Crippen molar-refractivity contribution in [2.24, 2.45) is 5.92 Å². The van der Waals surface area contributed by atoms with E-state index in [-0.39, 0.29) is 12.0 Å². The molecule has 0 heterocycles. The van der Waals surface area contributed by atoms with Crippen molar-refractivity contribution in [2.45, 2.75) is 19.0 Å². The fourth-order valence-corrected chi connectivity index (χ4v) is 1.92. The summed E-state index contributed by atoms with van der Waals surface area (Å²) in [5.41, 5.74) is 1.23. The van der Waals surface area contributed by atoms with Crippen LogP contribution >= 0.6 is 0 Å². The van der Waals surface area contributed by atoms with Crippen LogP contribution in [0.15, 0.2) is 30.3 Å². The van der Waals surface area contributed by atoms with Gasteiger partial charge in [-0.25, -0.2) is 0 Å². The first-order valence-corrected chi connectivity index (χ1v) is 5.15. The van der Waals surface area contributed by atoms with Gasteiger partial charge in [0.2, 0.25) is 0 Å². The molecule has 3 nitrogen and oxygen atoms in total. The summed E-state index contributed by atoms with van der Waals surface area (Å²) in [5.74, 6) is -0.821. The average Bonchev–Trinajstić information content (AvgIpc) is 2.98. The minimum atomic E-state index is -0.667. The highest BCUT2D eigenvalue weighted by atomic mass is 16.4. The average molecular weight is 205 g/mol. The molecule has 1 fully saturated rings. The predicted octanol–water partition coefficient (Wildman–Crippen LogP) is 1.59. The Labute approximate surface area is 89.3 Å². The summed E-state index contributed by atoms with van der Waals surface area (Å²) in [5, 5.41) is 8.81. The molecule has 0 amide bonds. The van der Waals surface area contributed by atoms with Crippen molar-refractivity contribution in [3.8, 4) is 0 Å². The monoisotopic (exact) mass is 205 g/mol. The minimum absolute atomic E-state index is 0.154. The molecule has 0 aromatic heterocycles. The van der Waals surface area contributed by atoms with Crippen molar-refractivity contribution in [2.75, 3.05) is 7.05 Å². The first-order valence-electron chi connectivity index (χ1n) is 5.15. The van der Waals surface area contributed by atoms with Crippen molar-refractivity contribution >= 4 is 5.97 Å². The van der Waals surface area contributed by atoms with Gasteiger partial charge in [0.15, 0.2) is 0 Å². The number of hydrogen-bond acceptors (Lipinski definition) is 2. The molecular weight excluding hydrogens is 190 g/mol. The van der Waals surface area contributed by atoms with Gasteiger partial charge in [-0.3, -0.25) is 9.69 Å². The Morgan fingerprint density at radius 3 is 2.67 bits per heavy atom. The highest BCUT2D eigenvalue weighted by Gasteiger charge is 2.45. The molecule has 3 heteroatoms. The van der Waals surface area contributed by atoms with Gasteiger partial charge >= 0.3 is 5.97 Å². The second kappa shape index (κ2) is 4.03. The Morgan fingerprint density at radius 2 is 2.13 bits per heavy atom. The second-order valence-electron chi connectivity index (χ2n) is 4.15. The largest absolute Gasteiger partial charge is 0.481 e. The minimum Gasteiger partial charge on any atom is -0.481 e. The Hall–Kier alpha value is -1.35. The van der Waals surface area contributed by atoms with E-state index in [2.05, 4.69) is 17.0 Å². The van der Waals surface area contributed by atoms with Crippen molar-refractivity contribution in [3.05, 3.63) is 35.9 Å². The van der Waals surface area contributed by atoms with Gasteiger partial charge in [-0.15, -0.1) is 0 Å². The number of aliphatic carboxylic acids is 1. The quantitative estimate of drug-likeness (QED) is 0.811. The normalized spacial score (nSPS) is 24.1. The van der Waals surface area contributed by atoms with E-state index in [9.17, 15) is 4.79 Å². The zero-order chi connectivity index (χ0) is 10.8. The summed E-state index contributed by atoms with van der Waals surface area (Å²) in [6.07, 6.45) is 0.790. The van der Waals surface area contributed by atoms with Crippen LogP contribution in [0.2, 0.25) is 0 Å². The number of carboxylic acids is 1. The predicted molar refractivity (Wildman–Crippen MR) is 57.4 cm³/mol. The number of carboxylic acid groups (broad SMARTS) is 1. The molecular formula is C12H15NO2. The number of carbonyl (C=O) groups is 1. The maximum Gasteiger partial charge on any atom is 0.308 e. The van der Waals surface area contributed by atoms with E-state index < -0.39 is 5.97 Å². The van der Waals surface area contributed by atoms with Gasteiger partial charge < -0.3 is 5.11 Å². The van der Waals surface area contributed by atoms with Crippen LogP contribution in [0, 0.1) is 5.92 Å². The molecule has 15 heavy (non-hydrogen) atoms. The molecule has 0 aliphatic heterocycles. The maximum absolute atomic E-state index is 10.7. The standard InChI is InChI=1S/C12H15NO2/c1-13(11-7-10(11)12(14)15)8-9-5-3-2-4-6-9/h2-6,10-11H,7-8H2,1H3,(H,14,15). The number of hydrogen-bond donors (Lipinski definition) is 1. The Bertz CT molecular complexity index is 350. The molecule has 1 saturated carbocycles. The molecule has 0 saturated heterocycles. The summed E-state index contributed by atoms with van der Waals surface area (Å²) in [7, 11) is 1.99. The van der Waals surface area contributed by atoms with Gasteiger partial charge in [-0.05, 0) is 19.0 Å². The van der Waals surface area contributed by atoms with Crippen LogP contribution in [0.4, 0.5) is 0 Å². The lowest BCUT2D eigenvalue weighted by Gasteiger charge is -2.15. The smallest absolute Gasteiger partial charge is 0.308 e. The van der Waals surface area contributed by atoms with Crippen molar-refractivity contribution < 1.29 is 9.90 Å². The van der Waals surface area contributed by atoms with Crippen LogP contribution in [0.5, 0.6) is 0 Å². The fraction of sp³-hybridized carbons (Fsp3) is 0.417. The van der Waals surface area contributed by atoms with Crippen molar-refractivity contribution in [3.63, 3.8) is 0 Å². The van der Waals surface area contributed by atoms with Gasteiger partial charge in [0.05, 0.1) is 5.92 Å². The molecule has 1 aliphatic rings. The lowest BCUT2D eigenvalue weighted by molar-refractivity contribution is -0.138. The lowest BCUT2D eigenvalue weighted by atomic mass is 10.2. The third kappa shape index (κ3) is 2.36. The molecule has 1 N–H and O–H groups in total. The lowest BCUT2D eigenvalue weighted by Crippen LogP contribution is -2.23. The van der Waals surface area contributed by atoms with E-state index >= 15 is 0 Å². The number of nitrogens with zero attached hydrogens (tertiary/aromatic N) is 1. The molecule has 0 spiro atoms. The van der Waals surface area contributed by atoms with E-state index in [4.69, 9.17) is 5.11 Å². The molecule has 1 aromatic rings. The molecule has 1 aliphatic carbocycles. The molecule has 2 unspecified atom stereocenters. The topological polar surface area (TPSA) is 40.5 Å². The number of benzene rings is 1. The van der Waals surface area contributed by atoms with Gasteiger partial charge in [-0.1, -0.05) is 30.3 Å². The fourth-order valence-electron chi connectivity index (χ4n) is 1.92.